The molecule has 0 N–H and O–H groups in total. The van der Waals surface area contributed by atoms with E-state index >= 15 is 0 Å². The van der Waals surface area contributed by atoms with Gasteiger partial charge in [0.25, 0.3) is 0 Å². The molecule has 0 saturated carbocycles. The Hall–Kier alpha value is -0.430. The molecule has 0 aromatic heterocycles. The quantitative estimate of drug-likeness (QED) is 0.543. The predicted molar refractivity (Wildman–Crippen MR) is 46.6 cm³/mol. The van der Waals surface area contributed by atoms with Crippen LogP contribution < -0.4 is 0 Å². The molecule has 0 aliphatic carbocycles. The number of allylic oxidation sites excluding steroid dienone is 3. The Balaban J connectivity index is 3.94. The maximum absolute atomic E-state index is 3.80. The summed E-state index contributed by atoms with van der Waals surface area (Å²) in [5.41, 5.74) is 1.16. The zero-order valence-corrected chi connectivity index (χ0v) is 6.79. The summed E-state index contributed by atoms with van der Waals surface area (Å²) >= 11 is 1.65. The van der Waals surface area contributed by atoms with Crippen LogP contribution >= 0.6 is 11.8 Å². The summed E-state index contributed by atoms with van der Waals surface area (Å²) in [4.78, 5) is 1.08. The van der Waals surface area contributed by atoms with Gasteiger partial charge in [0, 0.05) is 0 Å². The van der Waals surface area contributed by atoms with Crippen LogP contribution in [0, 0.1) is 0 Å². The van der Waals surface area contributed by atoms with E-state index in [1.165, 1.54) is 0 Å². The van der Waals surface area contributed by atoms with Gasteiger partial charge in [-0.05, 0) is 24.2 Å². The lowest BCUT2D eigenvalue weighted by molar-refractivity contribution is 1.53. The molecule has 0 radical (unpaired) electrons. The van der Waals surface area contributed by atoms with Crippen molar-refractivity contribution < 1.29 is 0 Å². The summed E-state index contributed by atoms with van der Waals surface area (Å²) in [6.07, 6.45) is 5.84. The Morgan fingerprint density at radius 2 is 2.11 bits per heavy atom. The maximum Gasteiger partial charge on any atom is -0.0000217 e. The monoisotopic (exact) mass is 140 g/mol. The number of hydrogen-bond donors (Lipinski definition) is 0. The molecule has 0 unspecified atom stereocenters. The van der Waals surface area contributed by atoms with E-state index in [-0.39, 0.29) is 0 Å². The second-order valence-electron chi connectivity index (χ2n) is 1.76. The van der Waals surface area contributed by atoms with Gasteiger partial charge in [-0.15, -0.1) is 11.8 Å². The third-order valence-electron chi connectivity index (χ3n) is 0.973. The molecule has 0 aromatic rings. The average Bonchev–Trinajstić information content (AvgIpc) is 1.87. The Morgan fingerprint density at radius 3 is 2.44 bits per heavy atom. The first-order chi connectivity index (χ1) is 4.20. The molecule has 0 fully saturated rings. The van der Waals surface area contributed by atoms with Crippen LogP contribution in [0.1, 0.15) is 6.92 Å². The van der Waals surface area contributed by atoms with Crippen molar-refractivity contribution in [1.29, 1.82) is 0 Å². The smallest absolute Gasteiger partial charge is 0.0000217 e. The highest BCUT2D eigenvalue weighted by Gasteiger charge is 1.83. The van der Waals surface area contributed by atoms with E-state index in [0.29, 0.717) is 0 Å². The first kappa shape index (κ1) is 8.57. The minimum atomic E-state index is 1.08. The van der Waals surface area contributed by atoms with Crippen LogP contribution in [-0.4, -0.2) is 6.26 Å². The summed E-state index contributed by atoms with van der Waals surface area (Å²) in [6.45, 7) is 9.44. The van der Waals surface area contributed by atoms with Crippen LogP contribution in [0.2, 0.25) is 0 Å². The molecule has 0 aromatic carbocycles. The van der Waals surface area contributed by atoms with Gasteiger partial charge in [0.1, 0.15) is 0 Å². The van der Waals surface area contributed by atoms with E-state index in [4.69, 9.17) is 0 Å². The van der Waals surface area contributed by atoms with Crippen molar-refractivity contribution in [2.45, 2.75) is 6.92 Å². The molecule has 1 heteroatoms. The van der Waals surface area contributed by atoms with Crippen molar-refractivity contribution in [3.05, 3.63) is 35.8 Å². The second-order valence-corrected chi connectivity index (χ2v) is 2.70. The van der Waals surface area contributed by atoms with Crippen molar-refractivity contribution in [1.82, 2.24) is 0 Å². The van der Waals surface area contributed by atoms with E-state index in [1.807, 2.05) is 25.3 Å². The lowest BCUT2D eigenvalue weighted by Crippen LogP contribution is -1.68. The molecular weight excluding hydrogens is 128 g/mol. The van der Waals surface area contributed by atoms with Crippen LogP contribution in [-0.2, 0) is 0 Å². The van der Waals surface area contributed by atoms with Crippen LogP contribution in [0.3, 0.4) is 0 Å². The third-order valence-corrected chi connectivity index (χ3v) is 1.62. The summed E-state index contributed by atoms with van der Waals surface area (Å²) in [5, 5.41) is 0. The zero-order chi connectivity index (χ0) is 7.28. The number of thioether (sulfide) groups is 1. The number of hydrogen-bond acceptors (Lipinski definition) is 1. The van der Waals surface area contributed by atoms with E-state index in [0.717, 1.165) is 10.5 Å². The second kappa shape index (κ2) is 4.45. The van der Waals surface area contributed by atoms with Gasteiger partial charge in [-0.1, -0.05) is 24.8 Å². The average molecular weight is 140 g/mol. The zero-order valence-electron chi connectivity index (χ0n) is 5.98. The molecule has 0 rings (SSSR count). The van der Waals surface area contributed by atoms with Crippen LogP contribution in [0.25, 0.3) is 0 Å². The third kappa shape index (κ3) is 4.10. The van der Waals surface area contributed by atoms with Crippen LogP contribution in [0.4, 0.5) is 0 Å². The summed E-state index contributed by atoms with van der Waals surface area (Å²) in [7, 11) is 0. The molecule has 50 valence electrons. The molecule has 0 aliphatic rings. The minimum Gasteiger partial charge on any atom is -0.130 e. The molecule has 0 aliphatic heterocycles. The van der Waals surface area contributed by atoms with Crippen molar-refractivity contribution in [3.63, 3.8) is 0 Å². The molecule has 0 spiro atoms. The van der Waals surface area contributed by atoms with Crippen molar-refractivity contribution in [2.24, 2.45) is 0 Å². The molecule has 0 saturated heterocycles. The highest BCUT2D eigenvalue weighted by Crippen LogP contribution is 2.11. The fraction of sp³-hybridized carbons (Fsp3) is 0.250. The number of rotatable bonds is 3. The van der Waals surface area contributed by atoms with Gasteiger partial charge in [0.05, 0.1) is 0 Å². The first-order valence-electron chi connectivity index (χ1n) is 2.74. The SMILES string of the molecule is C=C/C(C)=C\C(=C)SC. The summed E-state index contributed by atoms with van der Waals surface area (Å²) in [6, 6.07) is 0. The molecule has 0 heterocycles. The van der Waals surface area contributed by atoms with Gasteiger partial charge in [0.15, 0.2) is 0 Å². The lowest BCUT2D eigenvalue weighted by Gasteiger charge is -1.92. The fourth-order valence-corrected chi connectivity index (χ4v) is 0.676. The largest absolute Gasteiger partial charge is 0.130 e. The van der Waals surface area contributed by atoms with Gasteiger partial charge in [-0.2, -0.15) is 0 Å². The normalized spacial score (nSPS) is 11.1. The molecule has 0 atom stereocenters. The van der Waals surface area contributed by atoms with Gasteiger partial charge < -0.3 is 0 Å². The van der Waals surface area contributed by atoms with E-state index in [9.17, 15) is 0 Å². The predicted octanol–water partition coefficient (Wildman–Crippen LogP) is 3.00. The molecule has 0 nitrogen and oxygen atoms in total. The molecule has 9 heavy (non-hydrogen) atoms. The van der Waals surface area contributed by atoms with Gasteiger partial charge in [-0.3, -0.25) is 0 Å². The summed E-state index contributed by atoms with van der Waals surface area (Å²) in [5.74, 6) is 0. The highest BCUT2D eigenvalue weighted by atomic mass is 32.2. The van der Waals surface area contributed by atoms with E-state index < -0.39 is 0 Å². The molecule has 0 amide bonds. The van der Waals surface area contributed by atoms with Gasteiger partial charge in [0.2, 0.25) is 0 Å². The highest BCUT2D eigenvalue weighted by molar-refractivity contribution is 8.02. The summed E-state index contributed by atoms with van der Waals surface area (Å²) < 4.78 is 0. The van der Waals surface area contributed by atoms with Crippen molar-refractivity contribution in [3.8, 4) is 0 Å². The van der Waals surface area contributed by atoms with Gasteiger partial charge >= 0.3 is 0 Å². The van der Waals surface area contributed by atoms with Crippen molar-refractivity contribution >= 4 is 11.8 Å². The van der Waals surface area contributed by atoms with Gasteiger partial charge in [-0.25, -0.2) is 0 Å². The Bertz CT molecular complexity index is 143. The topological polar surface area (TPSA) is 0 Å². The lowest BCUT2D eigenvalue weighted by atomic mass is 10.3. The van der Waals surface area contributed by atoms with Crippen LogP contribution in [0.15, 0.2) is 35.8 Å². The van der Waals surface area contributed by atoms with Crippen LogP contribution in [0.5, 0.6) is 0 Å². The molecular formula is C8H12S. The van der Waals surface area contributed by atoms with E-state index in [1.54, 1.807) is 11.8 Å². The van der Waals surface area contributed by atoms with E-state index in [2.05, 4.69) is 13.2 Å². The molecule has 0 bridgehead atoms. The minimum absolute atomic E-state index is 1.08. The van der Waals surface area contributed by atoms with Crippen molar-refractivity contribution in [2.75, 3.05) is 6.26 Å². The fourth-order valence-electron chi connectivity index (χ4n) is 0.372. The Kier molecular flexibility index (Phi) is 4.24. The Morgan fingerprint density at radius 1 is 1.56 bits per heavy atom. The maximum atomic E-state index is 3.80. The Labute approximate surface area is 61.3 Å². The standard InChI is InChI=1S/C8H12S/c1-5-7(2)6-8(3)9-4/h5-6H,1,3H2,2,4H3/b7-6-. The first-order valence-corrected chi connectivity index (χ1v) is 3.96.